The molecule has 0 unspecified atom stereocenters. The van der Waals surface area contributed by atoms with E-state index < -0.39 is 15.9 Å². The van der Waals surface area contributed by atoms with Gasteiger partial charge < -0.3 is 4.98 Å². The third-order valence-electron chi connectivity index (χ3n) is 4.74. The summed E-state index contributed by atoms with van der Waals surface area (Å²) in [5.74, 6) is 0.00156. The maximum absolute atomic E-state index is 13.3. The van der Waals surface area contributed by atoms with Crippen molar-refractivity contribution in [1.82, 2.24) is 14.3 Å². The van der Waals surface area contributed by atoms with Gasteiger partial charge in [0.15, 0.2) is 0 Å². The molecule has 0 atom stereocenters. The SMILES string of the molecule is CCCCCS(=O)(=O)N(Cc1ccc(Cl)cc1Cl)C(=O)c1ccc2nc(C)[nH]c2c1. The number of aromatic nitrogens is 2. The number of halogens is 2. The highest BCUT2D eigenvalue weighted by atomic mass is 35.5. The molecule has 0 fully saturated rings. The van der Waals surface area contributed by atoms with Crippen molar-refractivity contribution in [3.63, 3.8) is 0 Å². The van der Waals surface area contributed by atoms with E-state index in [9.17, 15) is 13.2 Å². The lowest BCUT2D eigenvalue weighted by molar-refractivity contribution is 0.0855. The highest BCUT2D eigenvalue weighted by Gasteiger charge is 2.29. The molecule has 9 heteroatoms. The summed E-state index contributed by atoms with van der Waals surface area (Å²) in [4.78, 5) is 20.7. The summed E-state index contributed by atoms with van der Waals surface area (Å²) in [6.45, 7) is 3.64. The standard InChI is InChI=1S/C21H23Cl2N3O3S/c1-3-4-5-10-30(28,29)26(13-16-6-8-17(22)12-18(16)23)21(27)15-7-9-19-20(11-15)25-14(2)24-19/h6-9,11-12H,3-5,10,13H2,1-2H3,(H,24,25). The number of amides is 1. The number of imidazole rings is 1. The number of rotatable bonds is 8. The molecule has 0 aliphatic heterocycles. The highest BCUT2D eigenvalue weighted by molar-refractivity contribution is 7.89. The lowest BCUT2D eigenvalue weighted by atomic mass is 10.1. The van der Waals surface area contributed by atoms with Crippen LogP contribution in [-0.2, 0) is 16.6 Å². The summed E-state index contributed by atoms with van der Waals surface area (Å²) in [7, 11) is -3.85. The molecular weight excluding hydrogens is 445 g/mol. The van der Waals surface area contributed by atoms with Crippen LogP contribution in [0.15, 0.2) is 36.4 Å². The van der Waals surface area contributed by atoms with Crippen LogP contribution in [0.1, 0.15) is 47.9 Å². The summed E-state index contributed by atoms with van der Waals surface area (Å²) < 4.78 is 27.1. The van der Waals surface area contributed by atoms with Gasteiger partial charge in [-0.25, -0.2) is 17.7 Å². The van der Waals surface area contributed by atoms with Gasteiger partial charge >= 0.3 is 0 Å². The Hall–Kier alpha value is -2.09. The largest absolute Gasteiger partial charge is 0.342 e. The molecule has 1 amide bonds. The quantitative estimate of drug-likeness (QED) is 0.453. The summed E-state index contributed by atoms with van der Waals surface area (Å²) in [5.41, 5.74) is 2.15. The van der Waals surface area contributed by atoms with Crippen LogP contribution < -0.4 is 0 Å². The summed E-state index contributed by atoms with van der Waals surface area (Å²) in [6.07, 6.45) is 2.13. The molecule has 3 rings (SSSR count). The van der Waals surface area contributed by atoms with Gasteiger partial charge in [-0.05, 0) is 49.2 Å². The van der Waals surface area contributed by atoms with Crippen molar-refractivity contribution < 1.29 is 13.2 Å². The Balaban J connectivity index is 1.98. The second-order valence-corrected chi connectivity index (χ2v) is 9.98. The predicted octanol–water partition coefficient (Wildman–Crippen LogP) is 5.34. The fraction of sp³-hybridized carbons (Fsp3) is 0.333. The third kappa shape index (κ3) is 5.14. The van der Waals surface area contributed by atoms with Crippen LogP contribution in [0.4, 0.5) is 0 Å². The van der Waals surface area contributed by atoms with Gasteiger partial charge in [0, 0.05) is 15.6 Å². The number of sulfonamides is 1. The summed E-state index contributed by atoms with van der Waals surface area (Å²) in [6, 6.07) is 9.69. The van der Waals surface area contributed by atoms with Crippen LogP contribution in [0.5, 0.6) is 0 Å². The Labute approximate surface area is 186 Å². The minimum atomic E-state index is -3.85. The van der Waals surface area contributed by atoms with Crippen molar-refractivity contribution in [3.05, 3.63) is 63.4 Å². The number of unbranched alkanes of at least 4 members (excludes halogenated alkanes) is 2. The van der Waals surface area contributed by atoms with Crippen molar-refractivity contribution in [2.24, 2.45) is 0 Å². The molecule has 0 saturated carbocycles. The molecule has 160 valence electrons. The van der Waals surface area contributed by atoms with Gasteiger partial charge in [0.05, 0.1) is 23.3 Å². The fourth-order valence-corrected chi connectivity index (χ4v) is 5.11. The zero-order valence-corrected chi connectivity index (χ0v) is 19.1. The number of nitrogens with zero attached hydrogens (tertiary/aromatic N) is 2. The first-order chi connectivity index (χ1) is 14.2. The molecule has 30 heavy (non-hydrogen) atoms. The Morgan fingerprint density at radius 3 is 2.60 bits per heavy atom. The number of nitrogens with one attached hydrogen (secondary N) is 1. The molecule has 1 aromatic heterocycles. The van der Waals surface area contributed by atoms with E-state index in [-0.39, 0.29) is 17.9 Å². The minimum absolute atomic E-state index is 0.108. The molecule has 0 aliphatic carbocycles. The second-order valence-electron chi connectivity index (χ2n) is 7.12. The average molecular weight is 468 g/mol. The Morgan fingerprint density at radius 1 is 1.13 bits per heavy atom. The van der Waals surface area contributed by atoms with E-state index in [0.717, 1.165) is 17.1 Å². The highest BCUT2D eigenvalue weighted by Crippen LogP contribution is 2.25. The molecule has 3 aromatic rings. The zero-order chi connectivity index (χ0) is 21.9. The topological polar surface area (TPSA) is 83.1 Å². The van der Waals surface area contributed by atoms with Crippen molar-refractivity contribution in [1.29, 1.82) is 0 Å². The number of fused-ring (bicyclic) bond motifs is 1. The fourth-order valence-electron chi connectivity index (χ4n) is 3.16. The Bertz CT molecular complexity index is 1180. The Kier molecular flexibility index (Phi) is 7.06. The predicted molar refractivity (Wildman–Crippen MR) is 120 cm³/mol. The smallest absolute Gasteiger partial charge is 0.267 e. The first-order valence-electron chi connectivity index (χ1n) is 9.66. The maximum Gasteiger partial charge on any atom is 0.267 e. The van der Waals surface area contributed by atoms with Gasteiger partial charge in [-0.1, -0.05) is 49.0 Å². The second kappa shape index (κ2) is 9.37. The number of aromatic amines is 1. The molecule has 2 aromatic carbocycles. The number of carbonyl (C=O) groups excluding carboxylic acids is 1. The van der Waals surface area contributed by atoms with Gasteiger partial charge in [0.25, 0.3) is 5.91 Å². The number of benzene rings is 2. The minimum Gasteiger partial charge on any atom is -0.342 e. The molecule has 0 aliphatic rings. The van der Waals surface area contributed by atoms with Crippen molar-refractivity contribution in [3.8, 4) is 0 Å². The van der Waals surface area contributed by atoms with Crippen LogP contribution in [0, 0.1) is 6.92 Å². The summed E-state index contributed by atoms with van der Waals surface area (Å²) >= 11 is 12.2. The third-order valence-corrected chi connectivity index (χ3v) is 7.10. The monoisotopic (exact) mass is 467 g/mol. The summed E-state index contributed by atoms with van der Waals surface area (Å²) in [5, 5.41) is 0.746. The van der Waals surface area contributed by atoms with E-state index in [2.05, 4.69) is 9.97 Å². The molecule has 0 saturated heterocycles. The van der Waals surface area contributed by atoms with Crippen LogP contribution >= 0.6 is 23.2 Å². The molecule has 0 bridgehead atoms. The van der Waals surface area contributed by atoms with Gasteiger partial charge in [-0.2, -0.15) is 0 Å². The maximum atomic E-state index is 13.3. The number of hydrogen-bond acceptors (Lipinski definition) is 4. The normalized spacial score (nSPS) is 11.7. The molecule has 0 spiro atoms. The van der Waals surface area contributed by atoms with Crippen molar-refractivity contribution in [2.45, 2.75) is 39.7 Å². The van der Waals surface area contributed by atoms with Crippen LogP contribution in [0.25, 0.3) is 11.0 Å². The van der Waals surface area contributed by atoms with Gasteiger partial charge in [0.2, 0.25) is 10.0 Å². The van der Waals surface area contributed by atoms with Crippen LogP contribution in [0.2, 0.25) is 10.0 Å². The van der Waals surface area contributed by atoms with E-state index in [1.54, 1.807) is 30.3 Å². The molecule has 1 heterocycles. The van der Waals surface area contributed by atoms with E-state index in [0.29, 0.717) is 38.9 Å². The van der Waals surface area contributed by atoms with E-state index >= 15 is 0 Å². The molecule has 0 radical (unpaired) electrons. The van der Waals surface area contributed by atoms with E-state index in [4.69, 9.17) is 23.2 Å². The van der Waals surface area contributed by atoms with Gasteiger partial charge in [-0.15, -0.1) is 0 Å². The average Bonchev–Trinajstić information content (AvgIpc) is 3.06. The van der Waals surface area contributed by atoms with Crippen molar-refractivity contribution >= 4 is 50.2 Å². The van der Waals surface area contributed by atoms with Crippen molar-refractivity contribution in [2.75, 3.05) is 5.75 Å². The Morgan fingerprint density at radius 2 is 1.90 bits per heavy atom. The van der Waals surface area contributed by atoms with Gasteiger partial charge in [-0.3, -0.25) is 4.79 Å². The number of aryl methyl sites for hydroxylation is 1. The number of carbonyl (C=O) groups is 1. The van der Waals surface area contributed by atoms with Crippen LogP contribution in [0.3, 0.4) is 0 Å². The lowest BCUT2D eigenvalue weighted by Gasteiger charge is -2.23. The first-order valence-corrected chi connectivity index (χ1v) is 12.0. The van der Waals surface area contributed by atoms with Crippen LogP contribution in [-0.4, -0.2) is 34.4 Å². The van der Waals surface area contributed by atoms with E-state index in [1.807, 2.05) is 13.8 Å². The molecular formula is C21H23Cl2N3O3S. The van der Waals surface area contributed by atoms with E-state index in [1.165, 1.54) is 6.07 Å². The molecule has 1 N–H and O–H groups in total. The lowest BCUT2D eigenvalue weighted by Crippen LogP contribution is -2.38. The first kappa shape index (κ1) is 22.6. The molecule has 6 nitrogen and oxygen atoms in total. The zero-order valence-electron chi connectivity index (χ0n) is 16.8. The number of H-pyrrole nitrogens is 1. The number of hydrogen-bond donors (Lipinski definition) is 1. The van der Waals surface area contributed by atoms with Gasteiger partial charge in [0.1, 0.15) is 5.82 Å².